The number of aromatic amines is 1. The Bertz CT molecular complexity index is 918. The third-order valence-electron chi connectivity index (χ3n) is 4.04. The molecule has 116 valence electrons. The summed E-state index contributed by atoms with van der Waals surface area (Å²) in [7, 11) is 0. The number of aromatic nitrogens is 2. The molecule has 3 rings (SSSR count). The van der Waals surface area contributed by atoms with E-state index >= 15 is 0 Å². The molecular formula is C19H19N3O. The number of hydrogen-bond donors (Lipinski definition) is 1. The number of aliphatic imine (C=N–C) groups is 1. The highest BCUT2D eigenvalue weighted by Gasteiger charge is 2.10. The van der Waals surface area contributed by atoms with Crippen molar-refractivity contribution in [1.29, 1.82) is 0 Å². The van der Waals surface area contributed by atoms with Crippen molar-refractivity contribution in [3.63, 3.8) is 0 Å². The number of nitrogens with zero attached hydrogens (tertiary/aromatic N) is 2. The minimum atomic E-state index is -0.0947. The molecule has 3 aromatic rings. The van der Waals surface area contributed by atoms with E-state index in [-0.39, 0.29) is 5.56 Å². The zero-order valence-corrected chi connectivity index (χ0v) is 13.5. The Labute approximate surface area is 135 Å². The van der Waals surface area contributed by atoms with E-state index in [1.54, 1.807) is 10.9 Å². The molecule has 1 N–H and O–H groups in total. The van der Waals surface area contributed by atoms with Crippen molar-refractivity contribution in [3.05, 3.63) is 81.3 Å². The van der Waals surface area contributed by atoms with Gasteiger partial charge in [0.1, 0.15) is 0 Å². The number of para-hydroxylation sites is 1. The van der Waals surface area contributed by atoms with E-state index < -0.39 is 0 Å². The van der Waals surface area contributed by atoms with E-state index in [4.69, 9.17) is 0 Å². The molecule has 0 unspecified atom stereocenters. The van der Waals surface area contributed by atoms with Crippen LogP contribution in [0.1, 0.15) is 22.4 Å². The maximum atomic E-state index is 12.6. The second-order valence-corrected chi connectivity index (χ2v) is 5.60. The lowest BCUT2D eigenvalue weighted by atomic mass is 10.1. The van der Waals surface area contributed by atoms with Crippen molar-refractivity contribution in [2.24, 2.45) is 4.99 Å². The maximum Gasteiger partial charge on any atom is 0.280 e. The molecule has 0 spiro atoms. The van der Waals surface area contributed by atoms with Gasteiger partial charge in [0.2, 0.25) is 0 Å². The summed E-state index contributed by atoms with van der Waals surface area (Å²) in [4.78, 5) is 17.1. The molecule has 0 aliphatic carbocycles. The first kappa shape index (κ1) is 15.0. The van der Waals surface area contributed by atoms with Gasteiger partial charge >= 0.3 is 0 Å². The first-order valence-corrected chi connectivity index (χ1v) is 7.55. The molecule has 0 saturated carbocycles. The van der Waals surface area contributed by atoms with Crippen LogP contribution in [0.4, 0.5) is 5.69 Å². The van der Waals surface area contributed by atoms with E-state index in [1.165, 1.54) is 5.56 Å². The summed E-state index contributed by atoms with van der Waals surface area (Å²) < 4.78 is 1.54. The second-order valence-electron chi connectivity index (χ2n) is 5.60. The molecule has 4 nitrogen and oxygen atoms in total. The molecule has 2 aromatic carbocycles. The summed E-state index contributed by atoms with van der Waals surface area (Å²) >= 11 is 0. The quantitative estimate of drug-likeness (QED) is 0.734. The summed E-state index contributed by atoms with van der Waals surface area (Å²) in [5.41, 5.74) is 5.29. The molecule has 0 atom stereocenters. The molecule has 0 fully saturated rings. The molecule has 0 aliphatic rings. The summed E-state index contributed by atoms with van der Waals surface area (Å²) in [6, 6.07) is 15.5. The van der Waals surface area contributed by atoms with Gasteiger partial charge in [-0.3, -0.25) is 14.9 Å². The van der Waals surface area contributed by atoms with Crippen LogP contribution in [-0.4, -0.2) is 16.0 Å². The number of benzene rings is 2. The number of H-pyrrole nitrogens is 1. The fraction of sp³-hybridized carbons (Fsp3) is 0.158. The molecule has 4 heteroatoms. The van der Waals surface area contributed by atoms with Crippen LogP contribution in [-0.2, 0) is 0 Å². The predicted molar refractivity (Wildman–Crippen MR) is 94.3 cm³/mol. The Morgan fingerprint density at radius 1 is 1.00 bits per heavy atom. The van der Waals surface area contributed by atoms with E-state index in [1.807, 2.05) is 56.3 Å². The molecule has 0 saturated heterocycles. The fourth-order valence-electron chi connectivity index (χ4n) is 2.48. The van der Waals surface area contributed by atoms with E-state index in [9.17, 15) is 4.79 Å². The summed E-state index contributed by atoms with van der Waals surface area (Å²) in [5.74, 6) is 0. The molecule has 0 aliphatic heterocycles. The summed E-state index contributed by atoms with van der Waals surface area (Å²) in [6.45, 7) is 5.97. The van der Waals surface area contributed by atoms with Gasteiger partial charge < -0.3 is 0 Å². The van der Waals surface area contributed by atoms with Crippen molar-refractivity contribution in [2.45, 2.75) is 20.8 Å². The number of rotatable bonds is 3. The van der Waals surface area contributed by atoms with Gasteiger partial charge in [-0.15, -0.1) is 0 Å². The van der Waals surface area contributed by atoms with Crippen molar-refractivity contribution in [3.8, 4) is 5.69 Å². The summed E-state index contributed by atoms with van der Waals surface area (Å²) in [5, 5.41) is 3.10. The minimum Gasteiger partial charge on any atom is -0.295 e. The van der Waals surface area contributed by atoms with Gasteiger partial charge in [-0.25, -0.2) is 4.68 Å². The zero-order valence-electron chi connectivity index (χ0n) is 13.5. The smallest absolute Gasteiger partial charge is 0.280 e. The molecule has 1 aromatic heterocycles. The molecule has 1 heterocycles. The largest absolute Gasteiger partial charge is 0.295 e. The lowest BCUT2D eigenvalue weighted by Gasteiger charge is -2.02. The third-order valence-corrected chi connectivity index (χ3v) is 4.04. The Morgan fingerprint density at radius 3 is 2.48 bits per heavy atom. The van der Waals surface area contributed by atoms with Gasteiger partial charge in [-0.2, -0.15) is 0 Å². The Morgan fingerprint density at radius 2 is 1.74 bits per heavy atom. The highest BCUT2D eigenvalue weighted by molar-refractivity contribution is 5.83. The van der Waals surface area contributed by atoms with Crippen molar-refractivity contribution < 1.29 is 0 Å². The average Bonchev–Trinajstić information content (AvgIpc) is 2.84. The van der Waals surface area contributed by atoms with Crippen LogP contribution in [0, 0.1) is 20.8 Å². The van der Waals surface area contributed by atoms with Crippen LogP contribution >= 0.6 is 0 Å². The van der Waals surface area contributed by atoms with Crippen LogP contribution in [0.5, 0.6) is 0 Å². The van der Waals surface area contributed by atoms with Gasteiger partial charge in [-0.1, -0.05) is 30.3 Å². The minimum absolute atomic E-state index is 0.0947. The fourth-order valence-corrected chi connectivity index (χ4v) is 2.48. The standard InChI is InChI=1S/C19H19N3O/c1-13-8-7-11-18(14(13)2)20-12-17-15(3)21-22(19(17)23)16-9-5-4-6-10-16/h4-12,21H,1-3H3. The lowest BCUT2D eigenvalue weighted by molar-refractivity contribution is 0.835. The molecule has 0 amide bonds. The van der Waals surface area contributed by atoms with Crippen molar-refractivity contribution in [1.82, 2.24) is 9.78 Å². The van der Waals surface area contributed by atoms with Crippen LogP contribution in [0.25, 0.3) is 5.69 Å². The number of hydrogen-bond acceptors (Lipinski definition) is 2. The van der Waals surface area contributed by atoms with Gasteiger partial charge in [0.15, 0.2) is 0 Å². The monoisotopic (exact) mass is 305 g/mol. The molecular weight excluding hydrogens is 286 g/mol. The lowest BCUT2D eigenvalue weighted by Crippen LogP contribution is -2.17. The number of aryl methyl sites for hydroxylation is 2. The topological polar surface area (TPSA) is 50.1 Å². The SMILES string of the molecule is Cc1cccc(N=Cc2c(C)[nH]n(-c3ccccc3)c2=O)c1C. The van der Waals surface area contributed by atoms with Crippen LogP contribution in [0.3, 0.4) is 0 Å². The normalized spacial score (nSPS) is 11.3. The Balaban J connectivity index is 2.02. The van der Waals surface area contributed by atoms with Crippen molar-refractivity contribution in [2.75, 3.05) is 0 Å². The van der Waals surface area contributed by atoms with E-state index in [0.717, 1.165) is 22.6 Å². The van der Waals surface area contributed by atoms with Crippen LogP contribution < -0.4 is 5.56 Å². The zero-order chi connectivity index (χ0) is 16.4. The van der Waals surface area contributed by atoms with E-state index in [2.05, 4.69) is 23.1 Å². The first-order valence-electron chi connectivity index (χ1n) is 7.55. The van der Waals surface area contributed by atoms with Gasteiger partial charge in [0.25, 0.3) is 5.56 Å². The van der Waals surface area contributed by atoms with Gasteiger partial charge in [0, 0.05) is 11.9 Å². The highest BCUT2D eigenvalue weighted by Crippen LogP contribution is 2.21. The van der Waals surface area contributed by atoms with Crippen LogP contribution in [0.2, 0.25) is 0 Å². The highest BCUT2D eigenvalue weighted by atomic mass is 16.1. The maximum absolute atomic E-state index is 12.6. The molecule has 23 heavy (non-hydrogen) atoms. The second kappa shape index (κ2) is 6.08. The van der Waals surface area contributed by atoms with Crippen LogP contribution in [0.15, 0.2) is 58.3 Å². The summed E-state index contributed by atoms with van der Waals surface area (Å²) in [6.07, 6.45) is 1.65. The Hall–Kier alpha value is -2.88. The van der Waals surface area contributed by atoms with Gasteiger partial charge in [-0.05, 0) is 50.1 Å². The Kier molecular flexibility index (Phi) is 3.98. The average molecular weight is 305 g/mol. The van der Waals surface area contributed by atoms with E-state index in [0.29, 0.717) is 5.56 Å². The van der Waals surface area contributed by atoms with Crippen molar-refractivity contribution >= 4 is 11.9 Å². The molecule has 0 bridgehead atoms. The van der Waals surface area contributed by atoms with Gasteiger partial charge in [0.05, 0.1) is 16.9 Å². The molecule has 0 radical (unpaired) electrons. The first-order chi connectivity index (χ1) is 11.1. The third kappa shape index (κ3) is 2.88. The predicted octanol–water partition coefficient (Wildman–Crippen LogP) is 3.84. The number of nitrogens with one attached hydrogen (secondary N) is 1.